The minimum absolute atomic E-state index is 0.492. The third-order valence-corrected chi connectivity index (χ3v) is 9.73. The Hall–Kier alpha value is -6.06. The maximum absolute atomic E-state index is 6.80. The second kappa shape index (κ2) is 9.47. The summed E-state index contributed by atoms with van der Waals surface area (Å²) in [5, 5.41) is 5.91. The van der Waals surface area contributed by atoms with E-state index in [0.29, 0.717) is 0 Å². The molecule has 10 rings (SSSR count). The van der Waals surface area contributed by atoms with Crippen LogP contribution >= 0.6 is 0 Å². The largest absolute Gasteiger partial charge is 0.456 e. The van der Waals surface area contributed by atoms with Gasteiger partial charge in [-0.1, -0.05) is 115 Å². The number of nitrogens with one attached hydrogen (secondary N) is 1. The summed E-state index contributed by atoms with van der Waals surface area (Å²) >= 11 is 0. The zero-order valence-corrected chi connectivity index (χ0v) is 24.8. The number of anilines is 2. The molecule has 2 heterocycles. The fourth-order valence-corrected chi connectivity index (χ4v) is 7.80. The Labute approximate surface area is 266 Å². The Morgan fingerprint density at radius 2 is 1.09 bits per heavy atom. The van der Waals surface area contributed by atoms with Crippen molar-refractivity contribution in [1.82, 2.24) is 0 Å². The number of furan rings is 1. The topological polar surface area (TPSA) is 34.4 Å². The fraction of sp³-hybridized carbons (Fsp3) is 0.0233. The van der Waals surface area contributed by atoms with E-state index in [1.165, 1.54) is 27.8 Å². The fourth-order valence-electron chi connectivity index (χ4n) is 7.80. The number of hydrogen-bond acceptors (Lipinski definition) is 3. The Kier molecular flexibility index (Phi) is 5.20. The zero-order valence-electron chi connectivity index (χ0n) is 24.8. The summed E-state index contributed by atoms with van der Waals surface area (Å²) in [6, 6.07) is 55.8. The van der Waals surface area contributed by atoms with Gasteiger partial charge in [0, 0.05) is 33.7 Å². The minimum atomic E-state index is -0.492. The van der Waals surface area contributed by atoms with Gasteiger partial charge < -0.3 is 14.5 Å². The average Bonchev–Trinajstić information content (AvgIpc) is 3.62. The van der Waals surface area contributed by atoms with Gasteiger partial charge in [0.25, 0.3) is 0 Å². The van der Waals surface area contributed by atoms with Crippen LogP contribution in [-0.4, -0.2) is 0 Å². The lowest BCUT2D eigenvalue weighted by atomic mass is 9.66. The molecule has 0 amide bonds. The van der Waals surface area contributed by atoms with Gasteiger partial charge >= 0.3 is 0 Å². The molecule has 1 aliphatic heterocycles. The Morgan fingerprint density at radius 1 is 0.457 bits per heavy atom. The molecular formula is C43H27NO2. The van der Waals surface area contributed by atoms with Crippen LogP contribution in [0.2, 0.25) is 0 Å². The van der Waals surface area contributed by atoms with Crippen LogP contribution in [0.3, 0.4) is 0 Å². The van der Waals surface area contributed by atoms with Gasteiger partial charge in [0.05, 0.1) is 11.1 Å². The highest BCUT2D eigenvalue weighted by atomic mass is 16.5. The standard InChI is InChI=1S/C43H27NO2/c1-2-11-27(12-3-1)28-21-23-32-33-24-22-29(26-41(33)45-40(32)25-28)44-38-19-10-18-37-42(38)46-39-20-9-8-17-36(39)43(37)34-15-6-4-13-30(34)31-14-5-7-16-35(31)43/h1-26,44H. The SMILES string of the molecule is c1ccc(-c2ccc3c(c2)oc2cc(Nc4cccc5c4Oc4ccccc4C54c5ccccc5-c5ccccc54)ccc23)cc1. The number of para-hydroxylation sites is 2. The molecule has 2 aliphatic rings. The Morgan fingerprint density at radius 3 is 1.87 bits per heavy atom. The monoisotopic (exact) mass is 589 g/mol. The normalized spacial score (nSPS) is 13.6. The Bertz CT molecular complexity index is 2440. The molecule has 0 bridgehead atoms. The van der Waals surface area contributed by atoms with Crippen LogP contribution in [0.25, 0.3) is 44.2 Å². The average molecular weight is 590 g/mol. The quantitative estimate of drug-likeness (QED) is 0.223. The summed E-state index contributed by atoms with van der Waals surface area (Å²) in [5.74, 6) is 1.71. The van der Waals surface area contributed by atoms with Crippen LogP contribution in [-0.2, 0) is 5.41 Å². The summed E-state index contributed by atoms with van der Waals surface area (Å²) in [7, 11) is 0. The first-order valence-electron chi connectivity index (χ1n) is 15.7. The van der Waals surface area contributed by atoms with Crippen LogP contribution in [0.5, 0.6) is 11.5 Å². The lowest BCUT2D eigenvalue weighted by Crippen LogP contribution is -2.32. The van der Waals surface area contributed by atoms with Gasteiger partial charge in [-0.05, 0) is 69.8 Å². The van der Waals surface area contributed by atoms with E-state index in [1.54, 1.807) is 0 Å². The highest BCUT2D eigenvalue weighted by Gasteiger charge is 2.51. The van der Waals surface area contributed by atoms with E-state index in [1.807, 2.05) is 6.07 Å². The van der Waals surface area contributed by atoms with Crippen LogP contribution in [0.1, 0.15) is 22.3 Å². The van der Waals surface area contributed by atoms with Crippen molar-refractivity contribution in [2.24, 2.45) is 0 Å². The Balaban J connectivity index is 1.12. The summed E-state index contributed by atoms with van der Waals surface area (Å²) < 4.78 is 13.2. The predicted molar refractivity (Wildman–Crippen MR) is 186 cm³/mol. The van der Waals surface area contributed by atoms with E-state index in [0.717, 1.165) is 61.5 Å². The summed E-state index contributed by atoms with van der Waals surface area (Å²) in [6.07, 6.45) is 0. The van der Waals surface area contributed by atoms with Crippen LogP contribution in [0, 0.1) is 0 Å². The molecule has 0 unspecified atom stereocenters. The van der Waals surface area contributed by atoms with Crippen molar-refractivity contribution >= 4 is 33.3 Å². The van der Waals surface area contributed by atoms with E-state index in [-0.39, 0.29) is 0 Å². The molecule has 0 radical (unpaired) electrons. The third kappa shape index (κ3) is 3.43. The molecule has 0 saturated carbocycles. The number of benzene rings is 7. The first kappa shape index (κ1) is 25.3. The molecule has 216 valence electrons. The molecule has 0 saturated heterocycles. The van der Waals surface area contributed by atoms with Gasteiger partial charge in [-0.2, -0.15) is 0 Å². The number of fused-ring (bicyclic) bond motifs is 12. The van der Waals surface area contributed by atoms with Gasteiger partial charge in [-0.15, -0.1) is 0 Å². The molecule has 7 aromatic carbocycles. The molecular weight excluding hydrogens is 562 g/mol. The van der Waals surface area contributed by atoms with E-state index in [2.05, 4.69) is 157 Å². The smallest absolute Gasteiger partial charge is 0.155 e. The maximum atomic E-state index is 6.80. The van der Waals surface area contributed by atoms with E-state index in [4.69, 9.17) is 9.15 Å². The summed E-state index contributed by atoms with van der Waals surface area (Å²) in [4.78, 5) is 0. The molecule has 1 spiro atoms. The van der Waals surface area contributed by atoms with Crippen LogP contribution < -0.4 is 10.1 Å². The zero-order chi connectivity index (χ0) is 30.2. The van der Waals surface area contributed by atoms with Crippen LogP contribution in [0.4, 0.5) is 11.4 Å². The van der Waals surface area contributed by atoms with Crippen molar-refractivity contribution in [1.29, 1.82) is 0 Å². The van der Waals surface area contributed by atoms with Gasteiger partial charge in [0.1, 0.15) is 16.9 Å². The predicted octanol–water partition coefficient (Wildman–Crippen LogP) is 11.5. The number of ether oxygens (including phenoxy) is 1. The first-order valence-corrected chi connectivity index (χ1v) is 15.7. The molecule has 3 heteroatoms. The van der Waals surface area contributed by atoms with E-state index in [9.17, 15) is 0 Å². The van der Waals surface area contributed by atoms with Crippen molar-refractivity contribution in [3.8, 4) is 33.8 Å². The van der Waals surface area contributed by atoms with Crippen molar-refractivity contribution in [2.45, 2.75) is 5.41 Å². The molecule has 46 heavy (non-hydrogen) atoms. The van der Waals surface area contributed by atoms with E-state index < -0.39 is 5.41 Å². The molecule has 8 aromatic rings. The maximum Gasteiger partial charge on any atom is 0.155 e. The second-order valence-corrected chi connectivity index (χ2v) is 12.1. The lowest BCUT2D eigenvalue weighted by molar-refractivity contribution is 0.438. The van der Waals surface area contributed by atoms with Crippen molar-refractivity contribution in [2.75, 3.05) is 5.32 Å². The summed E-state index contributed by atoms with van der Waals surface area (Å²) in [5.41, 5.74) is 12.8. The highest BCUT2D eigenvalue weighted by molar-refractivity contribution is 6.07. The second-order valence-electron chi connectivity index (χ2n) is 12.1. The highest BCUT2D eigenvalue weighted by Crippen LogP contribution is 2.63. The van der Waals surface area contributed by atoms with Gasteiger partial charge in [0.15, 0.2) is 5.75 Å². The van der Waals surface area contributed by atoms with Gasteiger partial charge in [-0.3, -0.25) is 0 Å². The van der Waals surface area contributed by atoms with Crippen molar-refractivity contribution < 1.29 is 9.15 Å². The molecule has 1 N–H and O–H groups in total. The van der Waals surface area contributed by atoms with Gasteiger partial charge in [-0.25, -0.2) is 0 Å². The number of hydrogen-bond donors (Lipinski definition) is 1. The number of rotatable bonds is 3. The van der Waals surface area contributed by atoms with E-state index >= 15 is 0 Å². The molecule has 0 fully saturated rings. The molecule has 0 atom stereocenters. The molecule has 3 nitrogen and oxygen atoms in total. The summed E-state index contributed by atoms with van der Waals surface area (Å²) in [6.45, 7) is 0. The molecule has 1 aliphatic carbocycles. The van der Waals surface area contributed by atoms with Crippen LogP contribution in [0.15, 0.2) is 162 Å². The first-order chi connectivity index (χ1) is 22.8. The third-order valence-electron chi connectivity index (χ3n) is 9.73. The molecule has 1 aromatic heterocycles. The van der Waals surface area contributed by atoms with Crippen molar-refractivity contribution in [3.05, 3.63) is 180 Å². The minimum Gasteiger partial charge on any atom is -0.456 e. The lowest BCUT2D eigenvalue weighted by Gasteiger charge is -2.40. The van der Waals surface area contributed by atoms with Gasteiger partial charge in [0.2, 0.25) is 0 Å². The van der Waals surface area contributed by atoms with Crippen molar-refractivity contribution in [3.63, 3.8) is 0 Å².